The van der Waals surface area contributed by atoms with Crippen LogP contribution in [0.2, 0.25) is 0 Å². The molecule has 1 aromatic heterocycles. The molecule has 0 aliphatic carbocycles. The van der Waals surface area contributed by atoms with Crippen molar-refractivity contribution < 1.29 is 9.13 Å². The van der Waals surface area contributed by atoms with Crippen molar-refractivity contribution in [1.29, 1.82) is 0 Å². The number of hydrogen-bond donors (Lipinski definition) is 0. The number of nitrogens with zero attached hydrogens (tertiary/aromatic N) is 1. The molecule has 0 saturated heterocycles. The Morgan fingerprint density at radius 2 is 1.78 bits per heavy atom. The Morgan fingerprint density at radius 1 is 1.06 bits per heavy atom. The lowest BCUT2D eigenvalue weighted by molar-refractivity contribution is 0.289. The fourth-order valence-corrected chi connectivity index (χ4v) is 1.72. The van der Waals surface area contributed by atoms with Gasteiger partial charge in [0.25, 0.3) is 0 Å². The van der Waals surface area contributed by atoms with E-state index in [9.17, 15) is 4.39 Å². The fourth-order valence-electron chi connectivity index (χ4n) is 1.72. The first-order valence-electron chi connectivity index (χ1n) is 6.11. The maximum Gasteiger partial charge on any atom is 0.216 e. The van der Waals surface area contributed by atoms with Crippen molar-refractivity contribution >= 4 is 0 Å². The minimum atomic E-state index is -0.522. The van der Waals surface area contributed by atoms with E-state index in [0.717, 1.165) is 18.4 Å². The lowest BCUT2D eigenvalue weighted by atomic mass is 10.1. The maximum atomic E-state index is 12.8. The molecule has 0 radical (unpaired) electrons. The minimum Gasteiger partial charge on any atom is -0.473 e. The highest BCUT2D eigenvalue weighted by Crippen LogP contribution is 2.11. The molecule has 2 aromatic rings. The van der Waals surface area contributed by atoms with Crippen molar-refractivity contribution in [3.05, 3.63) is 59.5 Å². The highest BCUT2D eigenvalue weighted by molar-refractivity contribution is 5.22. The molecule has 0 N–H and O–H groups in total. The Labute approximate surface area is 106 Å². The van der Waals surface area contributed by atoms with Gasteiger partial charge >= 0.3 is 0 Å². The van der Waals surface area contributed by atoms with Crippen LogP contribution in [0.15, 0.2) is 42.5 Å². The number of rotatable bonds is 5. The molecule has 2 rings (SSSR count). The molecule has 0 unspecified atom stereocenters. The zero-order valence-electron chi connectivity index (χ0n) is 10.4. The molecule has 0 aliphatic heterocycles. The van der Waals surface area contributed by atoms with Crippen molar-refractivity contribution in [3.8, 4) is 5.88 Å². The third kappa shape index (κ3) is 3.55. The topological polar surface area (TPSA) is 22.1 Å². The van der Waals surface area contributed by atoms with Crippen LogP contribution < -0.4 is 4.74 Å². The quantitative estimate of drug-likeness (QED) is 0.748. The van der Waals surface area contributed by atoms with E-state index in [4.69, 9.17) is 4.74 Å². The normalized spacial score (nSPS) is 10.3. The Bertz CT molecular complexity index is 496. The molecule has 0 aliphatic rings. The van der Waals surface area contributed by atoms with Crippen LogP contribution in [0.5, 0.6) is 5.88 Å². The van der Waals surface area contributed by atoms with Gasteiger partial charge in [0.1, 0.15) is 6.61 Å². The van der Waals surface area contributed by atoms with Crippen LogP contribution in [0.3, 0.4) is 0 Å². The second-order valence-electron chi connectivity index (χ2n) is 4.15. The van der Waals surface area contributed by atoms with E-state index in [1.807, 2.05) is 12.1 Å². The standard InChI is InChI=1S/C15H16FNO/c1-2-4-12-7-9-13(10-8-12)11-18-15-6-3-5-14(16)17-15/h3,5-10H,2,4,11H2,1H3. The van der Waals surface area contributed by atoms with Gasteiger partial charge < -0.3 is 4.74 Å². The highest BCUT2D eigenvalue weighted by Gasteiger charge is 1.99. The number of aromatic nitrogens is 1. The van der Waals surface area contributed by atoms with Crippen LogP contribution in [0.1, 0.15) is 24.5 Å². The van der Waals surface area contributed by atoms with E-state index >= 15 is 0 Å². The molecule has 0 bridgehead atoms. The maximum absolute atomic E-state index is 12.8. The average Bonchev–Trinajstić information content (AvgIpc) is 2.38. The zero-order chi connectivity index (χ0) is 12.8. The average molecular weight is 245 g/mol. The molecular formula is C15H16FNO. The van der Waals surface area contributed by atoms with Gasteiger partial charge in [-0.2, -0.15) is 9.37 Å². The van der Waals surface area contributed by atoms with E-state index in [1.165, 1.54) is 11.6 Å². The van der Waals surface area contributed by atoms with Gasteiger partial charge in [-0.3, -0.25) is 0 Å². The molecule has 1 heterocycles. The lowest BCUT2D eigenvalue weighted by Crippen LogP contribution is -1.98. The molecule has 18 heavy (non-hydrogen) atoms. The van der Waals surface area contributed by atoms with Crippen molar-refractivity contribution in [2.24, 2.45) is 0 Å². The molecule has 0 atom stereocenters. The predicted molar refractivity (Wildman–Crippen MR) is 69.0 cm³/mol. The zero-order valence-corrected chi connectivity index (χ0v) is 10.4. The van der Waals surface area contributed by atoms with Gasteiger partial charge in [0, 0.05) is 6.07 Å². The number of aryl methyl sites for hydroxylation is 1. The molecule has 0 fully saturated rings. The van der Waals surface area contributed by atoms with E-state index in [-0.39, 0.29) is 0 Å². The minimum absolute atomic E-state index is 0.313. The molecule has 0 spiro atoms. The van der Waals surface area contributed by atoms with Crippen LogP contribution in [0.4, 0.5) is 4.39 Å². The van der Waals surface area contributed by atoms with Gasteiger partial charge in [0.2, 0.25) is 11.8 Å². The summed E-state index contributed by atoms with van der Waals surface area (Å²) in [5.74, 6) is -0.210. The number of pyridine rings is 1. The highest BCUT2D eigenvalue weighted by atomic mass is 19.1. The van der Waals surface area contributed by atoms with Crippen LogP contribution in [0.25, 0.3) is 0 Å². The second-order valence-corrected chi connectivity index (χ2v) is 4.15. The SMILES string of the molecule is CCCc1ccc(COc2cccc(F)n2)cc1. The van der Waals surface area contributed by atoms with Gasteiger partial charge in [-0.25, -0.2) is 0 Å². The number of hydrogen-bond acceptors (Lipinski definition) is 2. The van der Waals surface area contributed by atoms with E-state index in [1.54, 1.807) is 12.1 Å². The molecule has 0 amide bonds. The van der Waals surface area contributed by atoms with E-state index in [0.29, 0.717) is 12.5 Å². The summed E-state index contributed by atoms with van der Waals surface area (Å²) in [4.78, 5) is 3.65. The van der Waals surface area contributed by atoms with Crippen molar-refractivity contribution in [1.82, 2.24) is 4.98 Å². The van der Waals surface area contributed by atoms with Gasteiger partial charge in [0.05, 0.1) is 0 Å². The molecule has 1 aromatic carbocycles. The summed E-state index contributed by atoms with van der Waals surface area (Å²) in [7, 11) is 0. The third-order valence-electron chi connectivity index (χ3n) is 2.64. The molecule has 94 valence electrons. The molecule has 2 nitrogen and oxygen atoms in total. The van der Waals surface area contributed by atoms with Crippen LogP contribution in [-0.2, 0) is 13.0 Å². The Hall–Kier alpha value is -1.90. The third-order valence-corrected chi connectivity index (χ3v) is 2.64. The molecule has 3 heteroatoms. The summed E-state index contributed by atoms with van der Waals surface area (Å²) in [6.07, 6.45) is 2.23. The van der Waals surface area contributed by atoms with Crippen LogP contribution in [0, 0.1) is 5.95 Å². The van der Waals surface area contributed by atoms with Crippen molar-refractivity contribution in [3.63, 3.8) is 0 Å². The first kappa shape index (κ1) is 12.6. The van der Waals surface area contributed by atoms with Gasteiger partial charge in [-0.1, -0.05) is 43.7 Å². The van der Waals surface area contributed by atoms with E-state index in [2.05, 4.69) is 24.0 Å². The van der Waals surface area contributed by atoms with Crippen molar-refractivity contribution in [2.75, 3.05) is 0 Å². The van der Waals surface area contributed by atoms with Crippen LogP contribution >= 0.6 is 0 Å². The number of benzene rings is 1. The lowest BCUT2D eigenvalue weighted by Gasteiger charge is -2.06. The van der Waals surface area contributed by atoms with E-state index < -0.39 is 5.95 Å². The summed E-state index contributed by atoms with van der Waals surface area (Å²) in [6, 6.07) is 12.8. The summed E-state index contributed by atoms with van der Waals surface area (Å²) in [5.41, 5.74) is 2.38. The summed E-state index contributed by atoms with van der Waals surface area (Å²) >= 11 is 0. The summed E-state index contributed by atoms with van der Waals surface area (Å²) < 4.78 is 18.3. The summed E-state index contributed by atoms with van der Waals surface area (Å²) in [5, 5.41) is 0. The number of halogens is 1. The first-order valence-corrected chi connectivity index (χ1v) is 6.11. The van der Waals surface area contributed by atoms with Gasteiger partial charge in [0.15, 0.2) is 0 Å². The fraction of sp³-hybridized carbons (Fsp3) is 0.267. The molecule has 0 saturated carbocycles. The monoisotopic (exact) mass is 245 g/mol. The Balaban J connectivity index is 1.93. The second kappa shape index (κ2) is 6.15. The van der Waals surface area contributed by atoms with Gasteiger partial charge in [-0.15, -0.1) is 0 Å². The van der Waals surface area contributed by atoms with Gasteiger partial charge in [-0.05, 0) is 23.6 Å². The largest absolute Gasteiger partial charge is 0.473 e. The Morgan fingerprint density at radius 3 is 2.44 bits per heavy atom. The van der Waals surface area contributed by atoms with Crippen molar-refractivity contribution in [2.45, 2.75) is 26.4 Å². The molecular weight excluding hydrogens is 229 g/mol. The number of ether oxygens (including phenoxy) is 1. The predicted octanol–water partition coefficient (Wildman–Crippen LogP) is 3.75. The smallest absolute Gasteiger partial charge is 0.216 e. The Kier molecular flexibility index (Phi) is 4.29. The summed E-state index contributed by atoms with van der Waals surface area (Å²) in [6.45, 7) is 2.56. The van der Waals surface area contributed by atoms with Crippen LogP contribution in [-0.4, -0.2) is 4.98 Å². The first-order chi connectivity index (χ1) is 8.78.